The van der Waals surface area contributed by atoms with Crippen molar-refractivity contribution in [1.82, 2.24) is 0 Å². The van der Waals surface area contributed by atoms with Crippen LogP contribution in [0.25, 0.3) is 32.7 Å². The van der Waals surface area contributed by atoms with Gasteiger partial charge < -0.3 is 14.1 Å². The number of nitrogens with two attached hydrogens (primary N) is 1. The van der Waals surface area contributed by atoms with Crippen LogP contribution < -0.4 is 48.2 Å². The summed E-state index contributed by atoms with van der Waals surface area (Å²) in [5.74, 6) is 0. The fourth-order valence-electron chi connectivity index (χ4n) is 9.57. The molecule has 71 heavy (non-hydrogen) atoms. The predicted octanol–water partition coefficient (Wildman–Crippen LogP) is 13.0. The average Bonchev–Trinajstić information content (AvgIpc) is 3.42. The zero-order valence-corrected chi connectivity index (χ0v) is 44.1. The van der Waals surface area contributed by atoms with E-state index in [1.165, 1.54) is 80.7 Å². The summed E-state index contributed by atoms with van der Waals surface area (Å²) in [7, 11) is -2.26. The van der Waals surface area contributed by atoms with E-state index in [9.17, 15) is 0 Å². The van der Waals surface area contributed by atoms with E-state index in [4.69, 9.17) is 5.73 Å². The molecule has 0 saturated carbocycles. The van der Waals surface area contributed by atoms with Crippen molar-refractivity contribution >= 4 is 96.2 Å². The first-order chi connectivity index (χ1) is 34.1. The summed E-state index contributed by atoms with van der Waals surface area (Å²) < 4.78 is 0. The molecular weight excluding hydrogens is 1000 g/mol. The van der Waals surface area contributed by atoms with Crippen LogP contribution in [0.15, 0.2) is 285 Å². The Hall–Kier alpha value is -6.12. The van der Waals surface area contributed by atoms with Crippen LogP contribution >= 0.6 is 23.8 Å². The van der Waals surface area contributed by atoms with Crippen LogP contribution in [0.2, 0.25) is 0 Å². The normalized spacial score (nSPS) is 11.8. The number of fused-ring (bicyclic) bond motifs is 2. The van der Waals surface area contributed by atoms with Gasteiger partial charge in [-0.15, -0.1) is 0 Å². The van der Waals surface area contributed by atoms with E-state index >= 15 is 0 Å². The zero-order valence-electron chi connectivity index (χ0n) is 39.6. The number of benzene rings is 11. The summed E-state index contributed by atoms with van der Waals surface area (Å²) in [6, 6.07) is 104. The van der Waals surface area contributed by atoms with Gasteiger partial charge in [-0.05, 0) is 111 Å². The van der Waals surface area contributed by atoms with Gasteiger partial charge in [0.25, 0.3) is 0 Å². The van der Waals surface area contributed by atoms with Crippen molar-refractivity contribution in [2.24, 2.45) is 5.73 Å². The molecule has 0 aliphatic carbocycles. The summed E-state index contributed by atoms with van der Waals surface area (Å²) in [5, 5.41) is 16.1. The van der Waals surface area contributed by atoms with E-state index in [0.29, 0.717) is 5.66 Å². The van der Waals surface area contributed by atoms with Crippen LogP contribution in [0.1, 0.15) is 18.1 Å². The summed E-state index contributed by atoms with van der Waals surface area (Å²) in [5.41, 5.74) is 10.8. The van der Waals surface area contributed by atoms with Crippen LogP contribution in [0.3, 0.4) is 0 Å². The van der Waals surface area contributed by atoms with Gasteiger partial charge in [0.15, 0.2) is 0 Å². The molecule has 0 aromatic heterocycles. The molecule has 11 aromatic rings. The maximum atomic E-state index is 6.46. The SMILES string of the molecule is C[C@@H](N)[C@@H](c1ccccc1)P(c1ccccc1)c1ccccc1.[B-].[Ru+].c1ccc(P(c2ccccc2)c2ccc3ccccc3c2-c2c(P(c3ccccc3)c3ccccc3)ccc3ccccc23)cc1. The molecule has 2 atom stereocenters. The minimum atomic E-state index is -0.852. The second-order valence-corrected chi connectivity index (χ2v) is 23.8. The Labute approximate surface area is 438 Å². The van der Waals surface area contributed by atoms with Crippen LogP contribution in [-0.2, 0) is 19.5 Å². The molecule has 2 N–H and O–H groups in total. The van der Waals surface area contributed by atoms with Gasteiger partial charge in [-0.25, -0.2) is 0 Å². The molecule has 5 radical (unpaired) electrons. The first kappa shape index (κ1) is 51.2. The van der Waals surface area contributed by atoms with Crippen molar-refractivity contribution in [3.05, 3.63) is 291 Å². The zero-order chi connectivity index (χ0) is 46.8. The standard InChI is InChI=1S/C44H32P2.C21H22NP.B.Ru/c1-5-19-35(20-6-1)45(36-21-7-2-8-22-36)41-31-29-33-17-13-15-27-39(33)43(41)44-40-28-16-14-18-34(40)30-32-42(44)46(37-23-9-3-10-24-37)38-25-11-4-12-26-38;1-17(22)21(18-11-5-2-6-12-18)23(19-13-7-3-8-14-19)20-15-9-4-10-16-20;;/h1-32H;2-17,21H,22H2,1H3;;/q;;-1;+1/t;17-,21+;;/m.1../s1. The molecular formula is C65H54BNP3Ru. The minimum Gasteiger partial charge on any atom is -1.00 e. The maximum absolute atomic E-state index is 6.46. The Morgan fingerprint density at radius 3 is 0.887 bits per heavy atom. The van der Waals surface area contributed by atoms with Gasteiger partial charge in [-0.3, -0.25) is 0 Å². The Bertz CT molecular complexity index is 3090. The van der Waals surface area contributed by atoms with Gasteiger partial charge in [0.05, 0.1) is 0 Å². The second-order valence-electron chi connectivity index (χ2n) is 17.1. The summed E-state index contributed by atoms with van der Waals surface area (Å²) in [4.78, 5) is 0. The maximum Gasteiger partial charge on any atom is 1.00 e. The fourth-order valence-corrected chi connectivity index (χ4v) is 17.4. The molecule has 0 bridgehead atoms. The quantitative estimate of drug-likeness (QED) is 0.0958. The van der Waals surface area contributed by atoms with E-state index in [-0.39, 0.29) is 33.9 Å². The number of rotatable bonds is 12. The van der Waals surface area contributed by atoms with Crippen LogP contribution in [-0.4, -0.2) is 14.5 Å². The number of hydrogen-bond acceptors (Lipinski definition) is 1. The van der Waals surface area contributed by atoms with Crippen LogP contribution in [0.4, 0.5) is 0 Å². The molecule has 0 saturated heterocycles. The van der Waals surface area contributed by atoms with Gasteiger partial charge in [0, 0.05) is 11.7 Å². The molecule has 0 spiro atoms. The van der Waals surface area contributed by atoms with Gasteiger partial charge in [-0.2, -0.15) is 0 Å². The average molecular weight is 1050 g/mol. The van der Waals surface area contributed by atoms with Crippen molar-refractivity contribution in [2.75, 3.05) is 0 Å². The van der Waals surface area contributed by atoms with Gasteiger partial charge in [-0.1, -0.05) is 285 Å². The molecule has 0 fully saturated rings. The fraction of sp³-hybridized carbons (Fsp3) is 0.0462. The summed E-state index contributed by atoms with van der Waals surface area (Å²) in [6.45, 7) is 2.12. The van der Waals surface area contributed by atoms with E-state index in [1.807, 2.05) is 0 Å². The smallest absolute Gasteiger partial charge is 1.00 e. The van der Waals surface area contributed by atoms with Gasteiger partial charge in [0.2, 0.25) is 0 Å². The van der Waals surface area contributed by atoms with E-state index in [2.05, 4.69) is 292 Å². The molecule has 0 aliphatic heterocycles. The van der Waals surface area contributed by atoms with Gasteiger partial charge in [0.1, 0.15) is 0 Å². The first-order valence-corrected chi connectivity index (χ1v) is 27.8. The third-order valence-electron chi connectivity index (χ3n) is 12.6. The van der Waals surface area contributed by atoms with Crippen LogP contribution in [0.5, 0.6) is 0 Å². The molecule has 0 heterocycles. The molecule has 1 nitrogen and oxygen atoms in total. The van der Waals surface area contributed by atoms with E-state index in [1.54, 1.807) is 0 Å². The molecule has 0 aliphatic rings. The molecule has 0 unspecified atom stereocenters. The van der Waals surface area contributed by atoms with Crippen molar-refractivity contribution in [2.45, 2.75) is 18.6 Å². The Kier molecular flexibility index (Phi) is 17.9. The second kappa shape index (κ2) is 24.8. The Morgan fingerprint density at radius 2 is 0.577 bits per heavy atom. The third-order valence-corrected chi connectivity index (χ3v) is 20.6. The van der Waals surface area contributed by atoms with Crippen molar-refractivity contribution in [3.8, 4) is 11.1 Å². The van der Waals surface area contributed by atoms with Crippen molar-refractivity contribution in [1.29, 1.82) is 0 Å². The topological polar surface area (TPSA) is 26.0 Å². The first-order valence-electron chi connectivity index (χ1n) is 23.7. The largest absolute Gasteiger partial charge is 1.00 e. The predicted molar refractivity (Wildman–Crippen MR) is 312 cm³/mol. The van der Waals surface area contributed by atoms with E-state index in [0.717, 1.165) is 0 Å². The number of hydrogen-bond donors (Lipinski definition) is 1. The molecule has 11 aromatic carbocycles. The minimum absolute atomic E-state index is 0. The van der Waals surface area contributed by atoms with Gasteiger partial charge >= 0.3 is 19.5 Å². The third kappa shape index (κ3) is 11.5. The van der Waals surface area contributed by atoms with Crippen molar-refractivity contribution < 1.29 is 19.5 Å². The van der Waals surface area contributed by atoms with E-state index < -0.39 is 23.8 Å². The van der Waals surface area contributed by atoms with Crippen molar-refractivity contribution in [3.63, 3.8) is 0 Å². The monoisotopic (exact) mass is 1050 g/mol. The summed E-state index contributed by atoms with van der Waals surface area (Å²) >= 11 is 0. The van der Waals surface area contributed by atoms with Crippen LogP contribution in [0, 0.1) is 0 Å². The molecule has 11 rings (SSSR count). The molecule has 0 amide bonds. The Morgan fingerprint density at radius 1 is 0.310 bits per heavy atom. The summed E-state index contributed by atoms with van der Waals surface area (Å²) in [6.07, 6.45) is 0. The molecule has 6 heteroatoms. The Balaban J connectivity index is 0.000000229. The molecule has 345 valence electrons.